The van der Waals surface area contributed by atoms with Crippen molar-refractivity contribution in [1.82, 2.24) is 4.90 Å². The summed E-state index contributed by atoms with van der Waals surface area (Å²) in [7, 11) is 1.83. The largest absolute Gasteiger partial charge is 0.393 e. The lowest BCUT2D eigenvalue weighted by Crippen LogP contribution is -2.33. The molecule has 0 spiro atoms. The summed E-state index contributed by atoms with van der Waals surface area (Å²) in [5.74, 6) is 0.125. The van der Waals surface area contributed by atoms with E-state index in [-0.39, 0.29) is 17.8 Å². The van der Waals surface area contributed by atoms with Crippen molar-refractivity contribution in [3.63, 3.8) is 0 Å². The number of carbonyl (C=O) groups excluding carboxylic acids is 1. The lowest BCUT2D eigenvalue weighted by molar-refractivity contribution is -0.117. The molecule has 0 fully saturated rings. The quantitative estimate of drug-likeness (QED) is 0.233. The molecule has 4 heteroatoms. The highest BCUT2D eigenvalue weighted by molar-refractivity contribution is 5.95. The van der Waals surface area contributed by atoms with E-state index < -0.39 is 6.23 Å². The van der Waals surface area contributed by atoms with E-state index in [9.17, 15) is 15.0 Å². The highest BCUT2D eigenvalue weighted by Gasteiger charge is 2.28. The first-order chi connectivity index (χ1) is 15.0. The highest BCUT2D eigenvalue weighted by Crippen LogP contribution is 2.26. The topological polar surface area (TPSA) is 60.8 Å². The van der Waals surface area contributed by atoms with Gasteiger partial charge in [-0.05, 0) is 26.2 Å². The zero-order valence-corrected chi connectivity index (χ0v) is 20.8. The zero-order chi connectivity index (χ0) is 22.9. The molecule has 3 atom stereocenters. The van der Waals surface area contributed by atoms with Crippen molar-refractivity contribution in [1.29, 1.82) is 0 Å². The summed E-state index contributed by atoms with van der Waals surface area (Å²) in [5.41, 5.74) is 0.724. The minimum absolute atomic E-state index is 0.0142. The first kappa shape index (κ1) is 28.2. The van der Waals surface area contributed by atoms with Gasteiger partial charge in [0.05, 0.1) is 6.10 Å². The average Bonchev–Trinajstić information content (AvgIpc) is 2.83. The molecule has 4 nitrogen and oxygen atoms in total. The summed E-state index contributed by atoms with van der Waals surface area (Å²) in [6.45, 7) is 4.09. The Morgan fingerprint density at radius 3 is 1.94 bits per heavy atom. The van der Waals surface area contributed by atoms with Crippen molar-refractivity contribution in [2.24, 2.45) is 5.92 Å². The van der Waals surface area contributed by atoms with Crippen LogP contribution in [0, 0.1) is 5.92 Å². The van der Waals surface area contributed by atoms with Crippen LogP contribution >= 0.6 is 0 Å². The van der Waals surface area contributed by atoms with Gasteiger partial charge in [-0.2, -0.15) is 0 Å². The maximum Gasteiger partial charge on any atom is 0.160 e. The fourth-order valence-corrected chi connectivity index (χ4v) is 4.69. The number of aliphatic hydroxyl groups is 2. The molecule has 1 aliphatic rings. The molecule has 0 amide bonds. The predicted molar refractivity (Wildman–Crippen MR) is 131 cm³/mol. The SMILES string of the molecule is CCCCCCCCCCCCCCC(O)CCCCC1CC(=O)C(C)=CN(C)C1O. The molecule has 1 aliphatic heterocycles. The van der Waals surface area contributed by atoms with E-state index in [2.05, 4.69) is 6.92 Å². The summed E-state index contributed by atoms with van der Waals surface area (Å²) in [4.78, 5) is 13.9. The smallest absolute Gasteiger partial charge is 0.160 e. The number of aliphatic hydroxyl groups excluding tert-OH is 2. The van der Waals surface area contributed by atoms with Crippen LogP contribution in [0.1, 0.15) is 129 Å². The maximum absolute atomic E-state index is 12.1. The van der Waals surface area contributed by atoms with Crippen molar-refractivity contribution >= 4 is 5.78 Å². The normalized spacial score (nSPS) is 20.6. The molecular weight excluding hydrogens is 386 g/mol. The Kier molecular flexibility index (Phi) is 16.0. The van der Waals surface area contributed by atoms with Gasteiger partial charge in [-0.1, -0.05) is 96.8 Å². The Balaban J connectivity index is 1.96. The van der Waals surface area contributed by atoms with Crippen LogP contribution in [0.3, 0.4) is 0 Å². The number of ketones is 1. The van der Waals surface area contributed by atoms with Gasteiger partial charge in [0.2, 0.25) is 0 Å². The number of carbonyl (C=O) groups is 1. The van der Waals surface area contributed by atoms with E-state index in [0.717, 1.165) is 44.1 Å². The standard InChI is InChI=1S/C27H51NO3/c1-4-5-6-7-8-9-10-11-12-13-14-15-19-25(29)20-17-16-18-24-21-26(30)23(2)22-28(3)27(24)31/h22,24-25,27,29,31H,4-21H2,1-3H3. The van der Waals surface area contributed by atoms with Crippen molar-refractivity contribution < 1.29 is 15.0 Å². The highest BCUT2D eigenvalue weighted by atomic mass is 16.3. The lowest BCUT2D eigenvalue weighted by Gasteiger charge is -2.27. The van der Waals surface area contributed by atoms with Gasteiger partial charge < -0.3 is 15.1 Å². The van der Waals surface area contributed by atoms with Crippen LogP contribution in [-0.2, 0) is 4.79 Å². The van der Waals surface area contributed by atoms with E-state index in [1.165, 1.54) is 70.6 Å². The lowest BCUT2D eigenvalue weighted by atomic mass is 9.92. The zero-order valence-electron chi connectivity index (χ0n) is 20.8. The predicted octanol–water partition coefficient (Wildman–Crippen LogP) is 6.74. The van der Waals surface area contributed by atoms with Gasteiger partial charge >= 0.3 is 0 Å². The molecule has 31 heavy (non-hydrogen) atoms. The number of rotatable bonds is 18. The van der Waals surface area contributed by atoms with E-state index >= 15 is 0 Å². The number of nitrogens with zero attached hydrogens (tertiary/aromatic N) is 1. The van der Waals surface area contributed by atoms with Gasteiger partial charge in [-0.3, -0.25) is 4.79 Å². The second-order valence-corrected chi connectivity index (χ2v) is 9.89. The fourth-order valence-electron chi connectivity index (χ4n) is 4.69. The average molecular weight is 438 g/mol. The molecule has 2 N–H and O–H groups in total. The van der Waals surface area contributed by atoms with Crippen LogP contribution in [0.15, 0.2) is 11.8 Å². The van der Waals surface area contributed by atoms with Gasteiger partial charge in [-0.15, -0.1) is 0 Å². The number of Topliss-reactive ketones (excluding diaryl/α,β-unsaturated/α-hetero) is 1. The van der Waals surface area contributed by atoms with Crippen LogP contribution in [0.4, 0.5) is 0 Å². The first-order valence-electron chi connectivity index (χ1n) is 13.2. The van der Waals surface area contributed by atoms with E-state index in [1.54, 1.807) is 11.1 Å². The minimum atomic E-state index is -0.590. The van der Waals surface area contributed by atoms with Gasteiger partial charge in [-0.25, -0.2) is 0 Å². The molecule has 0 radical (unpaired) electrons. The third-order valence-electron chi connectivity index (χ3n) is 6.88. The summed E-state index contributed by atoms with van der Waals surface area (Å²) < 4.78 is 0. The molecule has 0 saturated heterocycles. The van der Waals surface area contributed by atoms with Crippen LogP contribution in [0.5, 0.6) is 0 Å². The third kappa shape index (κ3) is 13.3. The molecular formula is C27H51NO3. The summed E-state index contributed by atoms with van der Waals surface area (Å²) >= 11 is 0. The van der Waals surface area contributed by atoms with Gasteiger partial charge in [0.15, 0.2) is 5.78 Å². The number of allylic oxidation sites excluding steroid dienone is 1. The second-order valence-electron chi connectivity index (χ2n) is 9.89. The first-order valence-corrected chi connectivity index (χ1v) is 13.2. The van der Waals surface area contributed by atoms with E-state index in [0.29, 0.717) is 6.42 Å². The second kappa shape index (κ2) is 17.7. The molecule has 1 rings (SSSR count). The number of unbranched alkanes of at least 4 members (excludes halogenated alkanes) is 12. The summed E-state index contributed by atoms with van der Waals surface area (Å²) in [6, 6.07) is 0. The monoisotopic (exact) mass is 437 g/mol. The van der Waals surface area contributed by atoms with Crippen LogP contribution in [-0.4, -0.2) is 40.3 Å². The van der Waals surface area contributed by atoms with Crippen molar-refractivity contribution in [3.05, 3.63) is 11.8 Å². The molecule has 0 bridgehead atoms. The summed E-state index contributed by atoms with van der Waals surface area (Å²) in [6.07, 6.45) is 22.0. The van der Waals surface area contributed by atoms with Crippen molar-refractivity contribution in [2.45, 2.75) is 142 Å². The van der Waals surface area contributed by atoms with Crippen LogP contribution in [0.2, 0.25) is 0 Å². The summed E-state index contributed by atoms with van der Waals surface area (Å²) in [5, 5.41) is 20.7. The number of hydrogen-bond acceptors (Lipinski definition) is 4. The maximum atomic E-state index is 12.1. The van der Waals surface area contributed by atoms with E-state index in [4.69, 9.17) is 0 Å². The van der Waals surface area contributed by atoms with Crippen molar-refractivity contribution in [3.8, 4) is 0 Å². The molecule has 0 aromatic carbocycles. The molecule has 0 aromatic heterocycles. The Labute approximate surface area is 192 Å². The Bertz CT molecular complexity index is 491. The Morgan fingerprint density at radius 1 is 0.903 bits per heavy atom. The van der Waals surface area contributed by atoms with Gasteiger partial charge in [0, 0.05) is 31.2 Å². The molecule has 182 valence electrons. The van der Waals surface area contributed by atoms with Gasteiger partial charge in [0.1, 0.15) is 6.23 Å². The molecule has 3 unspecified atom stereocenters. The molecule has 0 aliphatic carbocycles. The minimum Gasteiger partial charge on any atom is -0.393 e. The molecule has 1 heterocycles. The number of hydrogen-bond donors (Lipinski definition) is 2. The molecule has 0 saturated carbocycles. The Morgan fingerprint density at radius 2 is 1.39 bits per heavy atom. The van der Waals surface area contributed by atoms with Crippen LogP contribution in [0.25, 0.3) is 0 Å². The van der Waals surface area contributed by atoms with Gasteiger partial charge in [0.25, 0.3) is 0 Å². The van der Waals surface area contributed by atoms with Crippen LogP contribution < -0.4 is 0 Å². The van der Waals surface area contributed by atoms with Crippen molar-refractivity contribution in [2.75, 3.05) is 7.05 Å². The Hall–Kier alpha value is -0.870. The van der Waals surface area contributed by atoms with E-state index in [1.807, 2.05) is 14.0 Å². The molecule has 0 aromatic rings. The third-order valence-corrected chi connectivity index (χ3v) is 6.88. The fraction of sp³-hybridized carbons (Fsp3) is 0.889.